The fourth-order valence-corrected chi connectivity index (χ4v) is 3.39. The summed E-state index contributed by atoms with van der Waals surface area (Å²) in [5.74, 6) is 0.0765. The highest BCUT2D eigenvalue weighted by molar-refractivity contribution is 5.85. The minimum atomic E-state index is -4.30. The third kappa shape index (κ3) is 3.05. The van der Waals surface area contributed by atoms with Gasteiger partial charge in [-0.1, -0.05) is 19.1 Å². The number of benzene rings is 1. The first-order chi connectivity index (χ1) is 9.50. The Kier molecular flexibility index (Phi) is 4.85. The van der Waals surface area contributed by atoms with E-state index in [0.717, 1.165) is 37.7 Å². The number of hydrogen-bond acceptors (Lipinski definition) is 2. The molecule has 2 aliphatic heterocycles. The molecule has 0 aliphatic carbocycles. The minimum absolute atomic E-state index is 0. The quantitative estimate of drug-likeness (QED) is 0.820. The molecule has 0 amide bonds. The highest BCUT2D eigenvalue weighted by Crippen LogP contribution is 2.42. The van der Waals surface area contributed by atoms with Crippen molar-refractivity contribution in [3.8, 4) is 0 Å². The number of nitrogens with zero attached hydrogens (tertiary/aromatic N) is 1. The Hall–Kier alpha value is -0.780. The first-order valence-corrected chi connectivity index (χ1v) is 7.03. The molecule has 2 heterocycles. The maximum atomic E-state index is 13.1. The molecule has 0 bridgehead atoms. The van der Waals surface area contributed by atoms with Gasteiger partial charge in [0.25, 0.3) is 0 Å². The van der Waals surface area contributed by atoms with E-state index in [-0.39, 0.29) is 31.0 Å². The van der Waals surface area contributed by atoms with Gasteiger partial charge in [0.2, 0.25) is 0 Å². The van der Waals surface area contributed by atoms with Crippen LogP contribution in [0.5, 0.6) is 0 Å². The molecule has 0 aromatic heterocycles. The zero-order valence-electron chi connectivity index (χ0n) is 11.8. The largest absolute Gasteiger partial charge is 0.416 e. The highest BCUT2D eigenvalue weighted by Gasteiger charge is 2.42. The van der Waals surface area contributed by atoms with Gasteiger partial charge in [-0.25, -0.2) is 0 Å². The zero-order valence-corrected chi connectivity index (χ0v) is 12.6. The summed E-state index contributed by atoms with van der Waals surface area (Å²) in [7, 11) is 0. The maximum absolute atomic E-state index is 13.1. The molecule has 2 atom stereocenters. The van der Waals surface area contributed by atoms with Gasteiger partial charge < -0.3 is 9.64 Å². The van der Waals surface area contributed by atoms with E-state index in [1.165, 1.54) is 6.07 Å². The van der Waals surface area contributed by atoms with Crippen molar-refractivity contribution < 1.29 is 17.9 Å². The second-order valence-corrected chi connectivity index (χ2v) is 5.59. The molecule has 1 saturated heterocycles. The number of rotatable bonds is 2. The van der Waals surface area contributed by atoms with Crippen LogP contribution in [-0.2, 0) is 17.5 Å². The van der Waals surface area contributed by atoms with E-state index in [4.69, 9.17) is 4.74 Å². The van der Waals surface area contributed by atoms with Gasteiger partial charge in [-0.05, 0) is 30.2 Å². The van der Waals surface area contributed by atoms with Crippen molar-refractivity contribution in [1.82, 2.24) is 4.90 Å². The summed E-state index contributed by atoms with van der Waals surface area (Å²) in [5.41, 5.74) is 0.622. The summed E-state index contributed by atoms with van der Waals surface area (Å²) in [4.78, 5) is 2.28. The van der Waals surface area contributed by atoms with Crippen molar-refractivity contribution in [2.45, 2.75) is 38.1 Å². The molecule has 0 radical (unpaired) electrons. The third-order valence-electron chi connectivity index (χ3n) is 4.24. The Morgan fingerprint density at radius 2 is 2.05 bits per heavy atom. The van der Waals surface area contributed by atoms with Crippen LogP contribution < -0.4 is 0 Å². The summed E-state index contributed by atoms with van der Waals surface area (Å²) in [5, 5.41) is 0. The van der Waals surface area contributed by atoms with Crippen molar-refractivity contribution >= 4 is 12.4 Å². The van der Waals surface area contributed by atoms with Gasteiger partial charge in [-0.15, -0.1) is 12.4 Å². The molecule has 1 aromatic carbocycles. The van der Waals surface area contributed by atoms with Gasteiger partial charge in [-0.2, -0.15) is 13.2 Å². The number of halogens is 4. The number of ether oxygens (including phenoxy) is 1. The Morgan fingerprint density at radius 1 is 1.29 bits per heavy atom. The van der Waals surface area contributed by atoms with Gasteiger partial charge in [0.15, 0.2) is 0 Å². The van der Waals surface area contributed by atoms with E-state index in [1.54, 1.807) is 0 Å². The molecule has 3 rings (SSSR count). The van der Waals surface area contributed by atoms with Gasteiger partial charge >= 0.3 is 6.18 Å². The smallest absolute Gasteiger partial charge is 0.371 e. The predicted molar refractivity (Wildman–Crippen MR) is 76.7 cm³/mol. The predicted octanol–water partition coefficient (Wildman–Crippen LogP) is 3.84. The molecule has 0 N–H and O–H groups in total. The van der Waals surface area contributed by atoms with Crippen LogP contribution in [-0.4, -0.2) is 30.6 Å². The first-order valence-electron chi connectivity index (χ1n) is 7.03. The Bertz CT molecular complexity index is 506. The summed E-state index contributed by atoms with van der Waals surface area (Å²) >= 11 is 0. The molecule has 1 aromatic rings. The van der Waals surface area contributed by atoms with E-state index in [0.29, 0.717) is 5.56 Å². The fraction of sp³-hybridized carbons (Fsp3) is 0.600. The van der Waals surface area contributed by atoms with E-state index in [9.17, 15) is 13.2 Å². The van der Waals surface area contributed by atoms with Gasteiger partial charge in [0, 0.05) is 19.0 Å². The second-order valence-electron chi connectivity index (χ2n) is 5.59. The van der Waals surface area contributed by atoms with Crippen molar-refractivity contribution in [2.75, 3.05) is 19.6 Å². The summed E-state index contributed by atoms with van der Waals surface area (Å²) in [6.07, 6.45) is -3.21. The van der Waals surface area contributed by atoms with E-state index >= 15 is 0 Å². The maximum Gasteiger partial charge on any atom is 0.416 e. The minimum Gasteiger partial charge on any atom is -0.371 e. The van der Waals surface area contributed by atoms with Gasteiger partial charge in [-0.3, -0.25) is 0 Å². The molecule has 1 fully saturated rings. The third-order valence-corrected chi connectivity index (χ3v) is 4.24. The molecule has 21 heavy (non-hydrogen) atoms. The van der Waals surface area contributed by atoms with Crippen molar-refractivity contribution in [1.29, 1.82) is 0 Å². The monoisotopic (exact) mass is 321 g/mol. The van der Waals surface area contributed by atoms with Crippen LogP contribution in [0, 0.1) is 0 Å². The molecule has 6 heteroatoms. The van der Waals surface area contributed by atoms with Gasteiger partial charge in [0.1, 0.15) is 0 Å². The normalized spacial score (nSPS) is 25.1. The number of alkyl halides is 3. The topological polar surface area (TPSA) is 12.5 Å². The van der Waals surface area contributed by atoms with E-state index < -0.39 is 11.7 Å². The van der Waals surface area contributed by atoms with E-state index in [1.807, 2.05) is 6.07 Å². The molecular formula is C15H19ClF3NO. The Balaban J connectivity index is 0.00000161. The van der Waals surface area contributed by atoms with Crippen LogP contribution in [0.1, 0.15) is 36.0 Å². The lowest BCUT2D eigenvalue weighted by Gasteiger charge is -2.29. The molecule has 2 unspecified atom stereocenters. The van der Waals surface area contributed by atoms with Crippen LogP contribution in [0.25, 0.3) is 0 Å². The second kappa shape index (κ2) is 6.15. The molecule has 2 nitrogen and oxygen atoms in total. The van der Waals surface area contributed by atoms with E-state index in [2.05, 4.69) is 11.8 Å². The number of fused-ring (bicyclic) bond motifs is 3. The lowest BCUT2D eigenvalue weighted by atomic mass is 9.87. The zero-order chi connectivity index (χ0) is 14.3. The summed E-state index contributed by atoms with van der Waals surface area (Å²) < 4.78 is 44.9. The summed E-state index contributed by atoms with van der Waals surface area (Å²) in [6.45, 7) is 4.79. The average Bonchev–Trinajstić information content (AvgIpc) is 2.80. The Labute approximate surface area is 128 Å². The SMILES string of the molecule is CCCN1CC2OCc3c(cccc3C(F)(F)F)C2C1.Cl. The van der Waals surface area contributed by atoms with Crippen LogP contribution in [0.4, 0.5) is 13.2 Å². The molecular weight excluding hydrogens is 303 g/mol. The Morgan fingerprint density at radius 3 is 2.71 bits per heavy atom. The molecule has 2 aliphatic rings. The van der Waals surface area contributed by atoms with Crippen LogP contribution in [0.3, 0.4) is 0 Å². The average molecular weight is 322 g/mol. The van der Waals surface area contributed by atoms with Crippen LogP contribution >= 0.6 is 12.4 Å². The molecule has 0 saturated carbocycles. The van der Waals surface area contributed by atoms with Crippen molar-refractivity contribution in [3.05, 3.63) is 34.9 Å². The lowest BCUT2D eigenvalue weighted by Crippen LogP contribution is -2.29. The van der Waals surface area contributed by atoms with Crippen molar-refractivity contribution in [2.24, 2.45) is 0 Å². The van der Waals surface area contributed by atoms with Crippen LogP contribution in [0.2, 0.25) is 0 Å². The lowest BCUT2D eigenvalue weighted by molar-refractivity contribution is -0.139. The molecule has 118 valence electrons. The molecule has 0 spiro atoms. The highest BCUT2D eigenvalue weighted by atomic mass is 35.5. The number of hydrogen-bond donors (Lipinski definition) is 0. The van der Waals surface area contributed by atoms with Crippen LogP contribution in [0.15, 0.2) is 18.2 Å². The first kappa shape index (κ1) is 16.6. The number of likely N-dealkylation sites (tertiary alicyclic amines) is 1. The standard InChI is InChI=1S/C15H18F3NO.ClH/c1-2-6-19-7-11-10-4-3-5-13(15(16,17)18)12(10)9-20-14(11)8-19;/h3-5,11,14H,2,6-9H2,1H3;1H. The van der Waals surface area contributed by atoms with Crippen molar-refractivity contribution in [3.63, 3.8) is 0 Å². The summed E-state index contributed by atoms with van der Waals surface area (Å²) in [6, 6.07) is 4.51. The van der Waals surface area contributed by atoms with Gasteiger partial charge in [0.05, 0.1) is 18.3 Å². The fourth-order valence-electron chi connectivity index (χ4n) is 3.39.